The molecule has 0 aliphatic heterocycles. The van der Waals surface area contributed by atoms with Crippen LogP contribution in [-0.2, 0) is 0 Å². The van der Waals surface area contributed by atoms with E-state index in [1.165, 1.54) is 38.6 Å². The Morgan fingerprint density at radius 2 is 1.88 bits per heavy atom. The number of hydrogen-bond donors (Lipinski definition) is 2. The molecular weight excluding hydrogens is 196 g/mol. The smallest absolute Gasteiger partial charge is 0.0167 e. The minimum absolute atomic E-state index is 0.329. The van der Waals surface area contributed by atoms with Crippen molar-refractivity contribution in [3.63, 3.8) is 0 Å². The van der Waals surface area contributed by atoms with Crippen LogP contribution in [0.5, 0.6) is 0 Å². The third kappa shape index (κ3) is 4.42. The third-order valence-electron chi connectivity index (χ3n) is 4.09. The van der Waals surface area contributed by atoms with E-state index in [-0.39, 0.29) is 0 Å². The van der Waals surface area contributed by atoms with Gasteiger partial charge in [-0.2, -0.15) is 0 Å². The van der Waals surface area contributed by atoms with Gasteiger partial charge in [0.05, 0.1) is 0 Å². The first-order valence-electron chi connectivity index (χ1n) is 7.04. The highest BCUT2D eigenvalue weighted by atomic mass is 14.9. The molecule has 2 nitrogen and oxygen atoms in total. The van der Waals surface area contributed by atoms with Gasteiger partial charge in [-0.25, -0.2) is 0 Å². The summed E-state index contributed by atoms with van der Waals surface area (Å²) in [6.45, 7) is 8.98. The molecule has 0 radical (unpaired) electrons. The van der Waals surface area contributed by atoms with Gasteiger partial charge in [0.2, 0.25) is 0 Å². The van der Waals surface area contributed by atoms with Crippen molar-refractivity contribution in [1.82, 2.24) is 5.32 Å². The first-order valence-corrected chi connectivity index (χ1v) is 7.04. The van der Waals surface area contributed by atoms with Crippen LogP contribution in [-0.4, -0.2) is 19.1 Å². The van der Waals surface area contributed by atoms with E-state index in [1.807, 2.05) is 0 Å². The molecule has 2 heteroatoms. The second kappa shape index (κ2) is 6.61. The molecule has 0 aromatic carbocycles. The average molecular weight is 226 g/mol. The Morgan fingerprint density at radius 1 is 1.25 bits per heavy atom. The zero-order valence-corrected chi connectivity index (χ0v) is 11.4. The summed E-state index contributed by atoms with van der Waals surface area (Å²) in [5.41, 5.74) is 6.68. The second-order valence-electron chi connectivity index (χ2n) is 6.08. The van der Waals surface area contributed by atoms with Crippen molar-refractivity contribution < 1.29 is 0 Å². The van der Waals surface area contributed by atoms with E-state index in [1.54, 1.807) is 0 Å². The zero-order valence-electron chi connectivity index (χ0n) is 11.4. The first-order chi connectivity index (χ1) is 7.58. The van der Waals surface area contributed by atoms with E-state index in [0.29, 0.717) is 17.4 Å². The van der Waals surface area contributed by atoms with Gasteiger partial charge in [0.1, 0.15) is 0 Å². The van der Waals surface area contributed by atoms with E-state index in [0.717, 1.165) is 13.0 Å². The van der Waals surface area contributed by atoms with Crippen LogP contribution in [0.15, 0.2) is 0 Å². The van der Waals surface area contributed by atoms with E-state index >= 15 is 0 Å². The predicted molar refractivity (Wildman–Crippen MR) is 71.5 cm³/mol. The molecule has 3 N–H and O–H groups in total. The maximum atomic E-state index is 6.08. The number of rotatable bonds is 7. The predicted octanol–water partition coefficient (Wildman–Crippen LogP) is 2.92. The minimum atomic E-state index is 0.329. The van der Waals surface area contributed by atoms with Crippen LogP contribution in [0.4, 0.5) is 0 Å². The van der Waals surface area contributed by atoms with E-state index in [9.17, 15) is 0 Å². The van der Waals surface area contributed by atoms with Crippen molar-refractivity contribution >= 4 is 0 Å². The maximum Gasteiger partial charge on any atom is 0.0167 e. The third-order valence-corrected chi connectivity index (χ3v) is 4.09. The lowest BCUT2D eigenvalue weighted by molar-refractivity contribution is 0.265. The van der Waals surface area contributed by atoms with Gasteiger partial charge >= 0.3 is 0 Å². The molecule has 1 unspecified atom stereocenters. The Labute approximate surface area is 101 Å². The summed E-state index contributed by atoms with van der Waals surface area (Å²) >= 11 is 0. The Hall–Kier alpha value is -0.0800. The van der Waals surface area contributed by atoms with Crippen LogP contribution in [0.1, 0.15) is 59.3 Å². The molecule has 1 fully saturated rings. The summed E-state index contributed by atoms with van der Waals surface area (Å²) in [6, 6.07) is 0.329. The SMILES string of the molecule is CCC1(CNCC(N)CC(C)C)CCCC1. The van der Waals surface area contributed by atoms with Crippen LogP contribution in [0.25, 0.3) is 0 Å². The van der Waals surface area contributed by atoms with E-state index < -0.39 is 0 Å². The molecule has 0 saturated heterocycles. The largest absolute Gasteiger partial charge is 0.327 e. The van der Waals surface area contributed by atoms with Crippen LogP contribution in [0.2, 0.25) is 0 Å². The van der Waals surface area contributed by atoms with Crippen LogP contribution in [0, 0.1) is 11.3 Å². The van der Waals surface area contributed by atoms with Gasteiger partial charge in [-0.1, -0.05) is 33.6 Å². The fraction of sp³-hybridized carbons (Fsp3) is 1.00. The summed E-state index contributed by atoms with van der Waals surface area (Å²) in [7, 11) is 0. The normalized spacial score (nSPS) is 21.6. The van der Waals surface area contributed by atoms with Crippen molar-refractivity contribution in [1.29, 1.82) is 0 Å². The molecular formula is C14H30N2. The molecule has 1 rings (SSSR count). The van der Waals surface area contributed by atoms with Crippen LogP contribution < -0.4 is 11.1 Å². The number of nitrogens with one attached hydrogen (secondary N) is 1. The van der Waals surface area contributed by atoms with Crippen molar-refractivity contribution in [2.75, 3.05) is 13.1 Å². The standard InChI is InChI=1S/C14H30N2/c1-4-14(7-5-6-8-14)11-16-10-13(15)9-12(2)3/h12-13,16H,4-11,15H2,1-3H3. The van der Waals surface area contributed by atoms with Crippen molar-refractivity contribution in [3.8, 4) is 0 Å². The Kier molecular flexibility index (Phi) is 5.77. The Morgan fingerprint density at radius 3 is 2.38 bits per heavy atom. The quantitative estimate of drug-likeness (QED) is 0.700. The Balaban J connectivity index is 2.18. The summed E-state index contributed by atoms with van der Waals surface area (Å²) in [4.78, 5) is 0. The van der Waals surface area contributed by atoms with Gasteiger partial charge < -0.3 is 11.1 Å². The van der Waals surface area contributed by atoms with E-state index in [4.69, 9.17) is 5.73 Å². The Bertz CT molecular complexity index is 183. The van der Waals surface area contributed by atoms with Gasteiger partial charge in [0.25, 0.3) is 0 Å². The molecule has 1 aliphatic rings. The molecule has 0 amide bonds. The van der Waals surface area contributed by atoms with Crippen molar-refractivity contribution in [3.05, 3.63) is 0 Å². The fourth-order valence-electron chi connectivity index (χ4n) is 2.99. The lowest BCUT2D eigenvalue weighted by Gasteiger charge is -2.28. The summed E-state index contributed by atoms with van der Waals surface area (Å²) < 4.78 is 0. The summed E-state index contributed by atoms with van der Waals surface area (Å²) in [5.74, 6) is 0.711. The van der Waals surface area contributed by atoms with Crippen LogP contribution in [0.3, 0.4) is 0 Å². The first kappa shape index (κ1) is 14.0. The van der Waals surface area contributed by atoms with Gasteiger partial charge in [-0.3, -0.25) is 0 Å². The fourth-order valence-corrected chi connectivity index (χ4v) is 2.99. The lowest BCUT2D eigenvalue weighted by Crippen LogP contribution is -2.40. The monoisotopic (exact) mass is 226 g/mol. The molecule has 16 heavy (non-hydrogen) atoms. The molecule has 0 aromatic rings. The van der Waals surface area contributed by atoms with Crippen molar-refractivity contribution in [2.45, 2.75) is 65.3 Å². The molecule has 0 spiro atoms. The summed E-state index contributed by atoms with van der Waals surface area (Å²) in [6.07, 6.45) is 8.12. The molecule has 1 atom stereocenters. The van der Waals surface area contributed by atoms with Gasteiger partial charge in [-0.15, -0.1) is 0 Å². The lowest BCUT2D eigenvalue weighted by atomic mass is 9.83. The van der Waals surface area contributed by atoms with Gasteiger partial charge in [0, 0.05) is 19.1 Å². The maximum absolute atomic E-state index is 6.08. The topological polar surface area (TPSA) is 38.0 Å². The van der Waals surface area contributed by atoms with E-state index in [2.05, 4.69) is 26.1 Å². The van der Waals surface area contributed by atoms with Crippen molar-refractivity contribution in [2.24, 2.45) is 17.1 Å². The molecule has 0 bridgehead atoms. The number of hydrogen-bond acceptors (Lipinski definition) is 2. The minimum Gasteiger partial charge on any atom is -0.327 e. The molecule has 1 aliphatic carbocycles. The van der Waals surface area contributed by atoms with Gasteiger partial charge in [-0.05, 0) is 37.0 Å². The highest BCUT2D eigenvalue weighted by Gasteiger charge is 2.31. The number of nitrogens with two attached hydrogens (primary N) is 1. The second-order valence-corrected chi connectivity index (χ2v) is 6.08. The zero-order chi connectivity index (χ0) is 12.0. The molecule has 0 aromatic heterocycles. The highest BCUT2D eigenvalue weighted by molar-refractivity contribution is 4.85. The highest BCUT2D eigenvalue weighted by Crippen LogP contribution is 2.40. The van der Waals surface area contributed by atoms with Crippen LogP contribution >= 0.6 is 0 Å². The molecule has 1 saturated carbocycles. The molecule has 0 heterocycles. The summed E-state index contributed by atoms with van der Waals surface area (Å²) in [5, 5.41) is 3.60. The molecule has 96 valence electrons. The van der Waals surface area contributed by atoms with Gasteiger partial charge in [0.15, 0.2) is 0 Å². The average Bonchev–Trinajstić information content (AvgIpc) is 2.66.